The highest BCUT2D eigenvalue weighted by atomic mass is 35.5. The van der Waals surface area contributed by atoms with Gasteiger partial charge in [0.05, 0.1) is 0 Å². The van der Waals surface area contributed by atoms with Gasteiger partial charge in [0.1, 0.15) is 10.9 Å². The molecule has 1 heterocycles. The smallest absolute Gasteiger partial charge is 0.241 e. The van der Waals surface area contributed by atoms with Crippen molar-refractivity contribution in [1.29, 1.82) is 0 Å². The van der Waals surface area contributed by atoms with Gasteiger partial charge in [-0.15, -0.1) is 21.8 Å². The van der Waals surface area contributed by atoms with Crippen LogP contribution in [0.5, 0.6) is 0 Å². The number of nitrogens with one attached hydrogen (secondary N) is 1. The molecule has 0 aromatic carbocycles. The summed E-state index contributed by atoms with van der Waals surface area (Å²) in [6, 6.07) is 0. The van der Waals surface area contributed by atoms with E-state index in [1.165, 1.54) is 49.9 Å². The molecule has 1 N–H and O–H groups in total. The molecular weight excluding hydrogens is 282 g/mol. The molecule has 1 rings (SSSR count). The van der Waals surface area contributed by atoms with Crippen molar-refractivity contribution in [2.75, 3.05) is 11.2 Å². The van der Waals surface area contributed by atoms with Gasteiger partial charge >= 0.3 is 0 Å². The number of unbranched alkanes of at least 4 members (excludes halogenated alkanes) is 6. The minimum absolute atomic E-state index is 0.0489. The van der Waals surface area contributed by atoms with Crippen LogP contribution >= 0.6 is 22.9 Å². The van der Waals surface area contributed by atoms with E-state index in [1.54, 1.807) is 0 Å². The maximum Gasteiger partial charge on any atom is 0.241 e. The predicted octanol–water partition coefficient (Wildman–Crippen LogP) is 4.01. The summed E-state index contributed by atoms with van der Waals surface area (Å²) in [6.45, 7) is 2.23. The molecule has 0 saturated carbocycles. The Labute approximate surface area is 124 Å². The Balaban J connectivity index is 2.11. The number of nitrogens with zero attached hydrogens (tertiary/aromatic N) is 2. The highest BCUT2D eigenvalue weighted by molar-refractivity contribution is 7.15. The van der Waals surface area contributed by atoms with E-state index in [2.05, 4.69) is 22.4 Å². The predicted molar refractivity (Wildman–Crippen MR) is 81.0 cm³/mol. The Kier molecular flexibility index (Phi) is 8.75. The van der Waals surface area contributed by atoms with E-state index in [9.17, 15) is 4.79 Å². The number of aromatic nitrogens is 2. The first-order valence-electron chi connectivity index (χ1n) is 6.94. The third kappa shape index (κ3) is 7.47. The first-order valence-corrected chi connectivity index (χ1v) is 8.29. The van der Waals surface area contributed by atoms with Crippen LogP contribution < -0.4 is 5.32 Å². The van der Waals surface area contributed by atoms with Crippen LogP contribution in [0.3, 0.4) is 0 Å². The molecule has 1 aromatic heterocycles. The normalized spacial score (nSPS) is 10.6. The summed E-state index contributed by atoms with van der Waals surface area (Å²) in [5.74, 6) is -0.285. The quantitative estimate of drug-likeness (QED) is 0.525. The van der Waals surface area contributed by atoms with E-state index in [4.69, 9.17) is 11.6 Å². The van der Waals surface area contributed by atoms with E-state index in [0.717, 1.165) is 17.8 Å². The maximum atomic E-state index is 11.1. The zero-order valence-electron chi connectivity index (χ0n) is 11.5. The van der Waals surface area contributed by atoms with E-state index in [0.29, 0.717) is 5.13 Å². The van der Waals surface area contributed by atoms with Crippen molar-refractivity contribution < 1.29 is 4.79 Å². The molecule has 0 saturated heterocycles. The van der Waals surface area contributed by atoms with Crippen LogP contribution in [-0.4, -0.2) is 22.0 Å². The average Bonchev–Trinajstić information content (AvgIpc) is 2.85. The third-order valence-electron chi connectivity index (χ3n) is 2.83. The molecule has 6 heteroatoms. The second kappa shape index (κ2) is 10.1. The Bertz CT molecular complexity index is 371. The van der Waals surface area contributed by atoms with Crippen LogP contribution in [0.25, 0.3) is 0 Å². The van der Waals surface area contributed by atoms with E-state index < -0.39 is 0 Å². The SMILES string of the molecule is CCCCCCCCCc1nnc(NC(=O)CCl)s1. The van der Waals surface area contributed by atoms with Crippen LogP contribution in [0.4, 0.5) is 5.13 Å². The van der Waals surface area contributed by atoms with E-state index >= 15 is 0 Å². The minimum atomic E-state index is -0.236. The molecule has 1 aromatic rings. The molecule has 1 amide bonds. The van der Waals surface area contributed by atoms with Gasteiger partial charge in [0.15, 0.2) is 0 Å². The number of hydrogen-bond acceptors (Lipinski definition) is 4. The van der Waals surface area contributed by atoms with Crippen molar-refractivity contribution >= 4 is 34.0 Å². The summed E-state index contributed by atoms with van der Waals surface area (Å²) in [5, 5.41) is 12.1. The van der Waals surface area contributed by atoms with Crippen LogP contribution in [0.2, 0.25) is 0 Å². The van der Waals surface area contributed by atoms with Crippen LogP contribution in [0.1, 0.15) is 56.9 Å². The van der Waals surface area contributed by atoms with Crippen molar-refractivity contribution in [1.82, 2.24) is 10.2 Å². The summed E-state index contributed by atoms with van der Waals surface area (Å²) in [5.41, 5.74) is 0. The van der Waals surface area contributed by atoms with Gasteiger partial charge in [0.25, 0.3) is 0 Å². The lowest BCUT2D eigenvalue weighted by Gasteiger charge is -1.99. The van der Waals surface area contributed by atoms with Crippen molar-refractivity contribution in [3.63, 3.8) is 0 Å². The third-order valence-corrected chi connectivity index (χ3v) is 3.97. The largest absolute Gasteiger partial charge is 0.299 e. The first kappa shape index (κ1) is 16.4. The molecule has 0 bridgehead atoms. The summed E-state index contributed by atoms with van der Waals surface area (Å²) in [7, 11) is 0. The number of hydrogen-bond donors (Lipinski definition) is 1. The number of anilines is 1. The number of aryl methyl sites for hydroxylation is 1. The number of rotatable bonds is 10. The lowest BCUT2D eigenvalue weighted by molar-refractivity contribution is -0.113. The summed E-state index contributed by atoms with van der Waals surface area (Å²) in [6.07, 6.45) is 9.96. The summed E-state index contributed by atoms with van der Waals surface area (Å²) < 4.78 is 0. The van der Waals surface area contributed by atoms with Gasteiger partial charge in [-0.1, -0.05) is 56.8 Å². The molecular formula is C13H22ClN3OS. The molecule has 4 nitrogen and oxygen atoms in total. The highest BCUT2D eigenvalue weighted by Crippen LogP contribution is 2.18. The Morgan fingerprint density at radius 3 is 2.53 bits per heavy atom. The van der Waals surface area contributed by atoms with Crippen LogP contribution in [-0.2, 0) is 11.2 Å². The molecule has 0 spiro atoms. The van der Waals surface area contributed by atoms with Crippen LogP contribution in [0, 0.1) is 0 Å². The van der Waals surface area contributed by atoms with E-state index in [-0.39, 0.29) is 11.8 Å². The van der Waals surface area contributed by atoms with Gasteiger partial charge in [-0.25, -0.2) is 0 Å². The fraction of sp³-hybridized carbons (Fsp3) is 0.769. The van der Waals surface area contributed by atoms with Crippen molar-refractivity contribution in [3.8, 4) is 0 Å². The van der Waals surface area contributed by atoms with Gasteiger partial charge in [-0.05, 0) is 6.42 Å². The fourth-order valence-electron chi connectivity index (χ4n) is 1.79. The highest BCUT2D eigenvalue weighted by Gasteiger charge is 2.06. The van der Waals surface area contributed by atoms with Gasteiger partial charge in [0.2, 0.25) is 11.0 Å². The molecule has 19 heavy (non-hydrogen) atoms. The molecule has 0 fully saturated rings. The molecule has 0 radical (unpaired) electrons. The lowest BCUT2D eigenvalue weighted by atomic mass is 10.1. The van der Waals surface area contributed by atoms with Crippen molar-refractivity contribution in [2.24, 2.45) is 0 Å². The van der Waals surface area contributed by atoms with Gasteiger partial charge in [0, 0.05) is 6.42 Å². The average molecular weight is 304 g/mol. The first-order chi connectivity index (χ1) is 9.26. The minimum Gasteiger partial charge on any atom is -0.299 e. The summed E-state index contributed by atoms with van der Waals surface area (Å²) in [4.78, 5) is 11.1. The number of halogens is 1. The molecule has 0 atom stereocenters. The lowest BCUT2D eigenvalue weighted by Crippen LogP contribution is -2.12. The Hall–Kier alpha value is -0.680. The topological polar surface area (TPSA) is 54.9 Å². The molecule has 108 valence electrons. The number of carbonyl (C=O) groups is 1. The molecule has 0 unspecified atom stereocenters. The second-order valence-electron chi connectivity index (χ2n) is 4.55. The zero-order valence-corrected chi connectivity index (χ0v) is 13.0. The molecule has 0 aliphatic heterocycles. The Morgan fingerprint density at radius 1 is 1.16 bits per heavy atom. The van der Waals surface area contributed by atoms with Crippen molar-refractivity contribution in [3.05, 3.63) is 5.01 Å². The second-order valence-corrected chi connectivity index (χ2v) is 5.88. The molecule has 0 aliphatic rings. The van der Waals surface area contributed by atoms with Crippen molar-refractivity contribution in [2.45, 2.75) is 58.3 Å². The number of amides is 1. The standard InChI is InChI=1S/C13H22ClN3OS/c1-2-3-4-5-6-7-8-9-12-16-17-13(19-12)15-11(18)10-14/h2-10H2,1H3,(H,15,17,18). The van der Waals surface area contributed by atoms with Crippen LogP contribution in [0.15, 0.2) is 0 Å². The van der Waals surface area contributed by atoms with Gasteiger partial charge in [-0.2, -0.15) is 0 Å². The monoisotopic (exact) mass is 303 g/mol. The maximum absolute atomic E-state index is 11.1. The summed E-state index contributed by atoms with van der Waals surface area (Å²) >= 11 is 6.84. The Morgan fingerprint density at radius 2 is 1.84 bits per heavy atom. The van der Waals surface area contributed by atoms with E-state index in [1.807, 2.05) is 0 Å². The molecule has 0 aliphatic carbocycles. The van der Waals surface area contributed by atoms with Gasteiger partial charge in [-0.3, -0.25) is 10.1 Å². The number of carbonyl (C=O) groups excluding carboxylic acids is 1. The van der Waals surface area contributed by atoms with Gasteiger partial charge < -0.3 is 0 Å². The fourth-order valence-corrected chi connectivity index (χ4v) is 2.66. The zero-order chi connectivity index (χ0) is 13.9. The number of alkyl halides is 1.